The number of carbonyl (C=O) groups is 2. The van der Waals surface area contributed by atoms with Gasteiger partial charge in [0.15, 0.2) is 0 Å². The summed E-state index contributed by atoms with van der Waals surface area (Å²) in [6.45, 7) is 52.1. The van der Waals surface area contributed by atoms with Crippen LogP contribution in [0.1, 0.15) is 258 Å². The molecule has 2 aliphatic carbocycles. The molecule has 1 saturated carbocycles. The summed E-state index contributed by atoms with van der Waals surface area (Å²) in [5.74, 6) is 39.6. The number of amides is 2. The number of methoxy groups -OCH3 is 1. The van der Waals surface area contributed by atoms with Gasteiger partial charge in [0.2, 0.25) is 0 Å². The van der Waals surface area contributed by atoms with Gasteiger partial charge >= 0.3 is 12.0 Å². The summed E-state index contributed by atoms with van der Waals surface area (Å²) in [5.41, 5.74) is 7.72. The Bertz CT molecular complexity index is 2710. The maximum Gasteiger partial charge on any atom is 0.320 e. The number of fused-ring (bicyclic) bond motifs is 1. The molecule has 0 aliphatic heterocycles. The molecule has 1 atom stereocenters. The van der Waals surface area contributed by atoms with Gasteiger partial charge in [-0.3, -0.25) is 9.69 Å². The van der Waals surface area contributed by atoms with Crippen LogP contribution in [0.5, 0.6) is 0 Å². The van der Waals surface area contributed by atoms with Crippen LogP contribution in [0, 0.1) is 127 Å². The molecule has 0 saturated heterocycles. The molecule has 4 N–H and O–H groups in total. The molecule has 0 bridgehead atoms. The van der Waals surface area contributed by atoms with E-state index < -0.39 is 11.6 Å². The molecular weight excluding hydrogens is 1060 g/mol. The van der Waals surface area contributed by atoms with Crippen molar-refractivity contribution >= 4 is 23.0 Å². The molecule has 1 aromatic heterocycles. The molecule has 2 aliphatic rings. The van der Waals surface area contributed by atoms with Crippen LogP contribution < -0.4 is 11.1 Å². The van der Waals surface area contributed by atoms with E-state index in [2.05, 4.69) is 239 Å². The van der Waals surface area contributed by atoms with Gasteiger partial charge in [-0.2, -0.15) is 4.68 Å². The molecule has 0 radical (unpaired) electrons. The number of hydrogen-bond acceptors (Lipinski definition) is 7. The van der Waals surface area contributed by atoms with Crippen LogP contribution in [0.4, 0.5) is 4.79 Å². The minimum atomic E-state index is -0.691. The zero-order valence-electron chi connectivity index (χ0n) is 58.1. The van der Waals surface area contributed by atoms with E-state index in [1.165, 1.54) is 57.6 Å². The lowest BCUT2D eigenvalue weighted by atomic mass is 9.91. The maximum absolute atomic E-state index is 10.9. The number of aromatic nitrogens is 3. The standard InChI is InChI=1S/C13H22O.C12H13N3.C12H18.C10H19N.C10H16O2.C9H16.C8H14N2O.2CH4/c1-12(2,3)10-11-13(14)8-6-4-5-7-9-13;1-12(2,3)8-9-15-11-7-5-4-6-10(11)13-14-15;1-12(2,3)10-9-11-7-5-4-6-8-11;1-6-11(5)9-7-8-10(2,3)4;1-8(9(11)12-5)6-7-10(2,3)4;1-5-6-7-8-9(2,3)4;1-8(2,3)5-4-6-10-7(9)11;;/h14H,4-9H2,1-3H3;4-7H,1-3H3;7H,4-6,8H2,1-3H3;6,9H2,1-5H3;8H,1-5H3;5-6H2,1-4H3;6H2,1-3H3,(H3,9,10,11);2*1H4. The van der Waals surface area contributed by atoms with E-state index in [4.69, 9.17) is 5.73 Å². The summed E-state index contributed by atoms with van der Waals surface area (Å²) in [6, 6.07) is 10.3. The number of nitrogens with two attached hydrogens (primary N) is 1. The Hall–Kier alpha value is -6.06. The third-order valence-corrected chi connectivity index (χ3v) is 10.6. The summed E-state index contributed by atoms with van der Waals surface area (Å²) in [4.78, 5) is 23.3. The van der Waals surface area contributed by atoms with Crippen molar-refractivity contribution in [2.75, 3.05) is 33.8 Å². The fraction of sp³-hybridized carbons (Fsp3) is 0.684. The first-order valence-corrected chi connectivity index (χ1v) is 30.5. The van der Waals surface area contributed by atoms with Crippen molar-refractivity contribution in [3.05, 3.63) is 35.9 Å². The number of primary amides is 1. The first-order chi connectivity index (χ1) is 38.4. The SMILES string of the molecule is C.C.CC(C)(C)C#CC1(O)CCCCCC1.CC(C)(C)C#CC1=CCCCC1.CC(C)(C)C#CCNC(N)=O.CC(C)(C)C#Cn1nnc2ccccc21.CCCC#CC(C)(C)C.CCN(C)CC#CC(C)(C)C.COC(=O)C(C)C#CC(C)(C)C. The fourth-order valence-corrected chi connectivity index (χ4v) is 6.14. The zero-order valence-corrected chi connectivity index (χ0v) is 58.1. The van der Waals surface area contributed by atoms with Crippen molar-refractivity contribution in [3.63, 3.8) is 0 Å². The van der Waals surface area contributed by atoms with Gasteiger partial charge in [0.1, 0.15) is 22.6 Å². The number of para-hydroxylation sites is 1. The summed E-state index contributed by atoms with van der Waals surface area (Å²) < 4.78 is 6.16. The van der Waals surface area contributed by atoms with E-state index in [0.29, 0.717) is 6.54 Å². The van der Waals surface area contributed by atoms with Crippen molar-refractivity contribution in [1.82, 2.24) is 25.2 Å². The monoisotopic (exact) mass is 1190 g/mol. The Morgan fingerprint density at radius 2 is 1.17 bits per heavy atom. The summed E-state index contributed by atoms with van der Waals surface area (Å²) >= 11 is 0. The lowest BCUT2D eigenvalue weighted by Gasteiger charge is -2.20. The van der Waals surface area contributed by atoms with Gasteiger partial charge in [0.25, 0.3) is 0 Å². The van der Waals surface area contributed by atoms with E-state index in [0.717, 1.165) is 56.2 Å². The number of rotatable bonds is 5. The van der Waals surface area contributed by atoms with E-state index >= 15 is 0 Å². The van der Waals surface area contributed by atoms with Crippen LogP contribution in [0.15, 0.2) is 35.9 Å². The number of unbranched alkanes of at least 4 members (excludes halogenated alkanes) is 1. The highest BCUT2D eigenvalue weighted by molar-refractivity contribution is 5.75. The molecule has 1 heterocycles. The van der Waals surface area contributed by atoms with Crippen molar-refractivity contribution < 1.29 is 19.4 Å². The van der Waals surface area contributed by atoms with E-state index in [9.17, 15) is 14.7 Å². The molecule has 2 amide bonds. The largest absolute Gasteiger partial charge is 0.468 e. The fourth-order valence-electron chi connectivity index (χ4n) is 6.14. The minimum Gasteiger partial charge on any atom is -0.468 e. The number of allylic oxidation sites excluding steroid dienone is 2. The highest BCUT2D eigenvalue weighted by Crippen LogP contribution is 2.27. The number of benzene rings is 1. The Morgan fingerprint density at radius 3 is 1.62 bits per heavy atom. The molecule has 10 heteroatoms. The second-order valence-electron chi connectivity index (χ2n) is 28.6. The summed E-state index contributed by atoms with van der Waals surface area (Å²) in [7, 11) is 3.45. The Kier molecular flexibility index (Phi) is 45.8. The van der Waals surface area contributed by atoms with Gasteiger partial charge in [-0.25, -0.2) is 4.79 Å². The third-order valence-electron chi connectivity index (χ3n) is 10.6. The van der Waals surface area contributed by atoms with Gasteiger partial charge in [0.05, 0.1) is 20.2 Å². The van der Waals surface area contributed by atoms with Crippen LogP contribution in [0.3, 0.4) is 0 Å². The molecule has 1 fully saturated rings. The summed E-state index contributed by atoms with van der Waals surface area (Å²) in [6.07, 6.45) is 16.1. The van der Waals surface area contributed by atoms with Crippen LogP contribution in [0.2, 0.25) is 0 Å². The molecule has 86 heavy (non-hydrogen) atoms. The van der Waals surface area contributed by atoms with Crippen molar-refractivity contribution in [2.45, 2.75) is 264 Å². The second-order valence-corrected chi connectivity index (χ2v) is 28.6. The number of nitrogens with one attached hydrogen (secondary N) is 1. The predicted molar refractivity (Wildman–Crippen MR) is 373 cm³/mol. The molecule has 1 aromatic carbocycles. The smallest absolute Gasteiger partial charge is 0.320 e. The van der Waals surface area contributed by atoms with Crippen molar-refractivity contribution in [2.24, 2.45) is 49.6 Å². The average molecular weight is 1190 g/mol. The quantitative estimate of drug-likeness (QED) is 0.154. The Labute approximate surface area is 531 Å². The van der Waals surface area contributed by atoms with Crippen LogP contribution in [0.25, 0.3) is 11.0 Å². The van der Waals surface area contributed by atoms with Crippen LogP contribution in [-0.4, -0.2) is 76.4 Å². The van der Waals surface area contributed by atoms with Gasteiger partial charge in [-0.05, 0) is 241 Å². The Morgan fingerprint density at radius 1 is 0.686 bits per heavy atom. The Balaban J connectivity index is -0.000000297. The van der Waals surface area contributed by atoms with Crippen LogP contribution in [-0.2, 0) is 9.53 Å². The van der Waals surface area contributed by atoms with Gasteiger partial charge in [0, 0.05) is 50.4 Å². The van der Waals surface area contributed by atoms with E-state index in [1.807, 2.05) is 65.8 Å². The summed E-state index contributed by atoms with van der Waals surface area (Å²) in [5, 5.41) is 20.6. The zero-order chi connectivity index (χ0) is 65.5. The first-order valence-electron chi connectivity index (χ1n) is 30.5. The van der Waals surface area contributed by atoms with Gasteiger partial charge in [-0.15, -0.1) is 11.0 Å². The maximum atomic E-state index is 10.9. The van der Waals surface area contributed by atoms with E-state index in [-0.39, 0.29) is 64.6 Å². The van der Waals surface area contributed by atoms with E-state index in [1.54, 1.807) is 11.6 Å². The molecular formula is C76H126N6O4. The number of carbonyl (C=O) groups excluding carboxylic acids is 2. The number of urea groups is 1. The molecule has 10 nitrogen and oxygen atoms in total. The lowest BCUT2D eigenvalue weighted by Crippen LogP contribution is -2.29. The first kappa shape index (κ1) is 88.7. The number of aliphatic hydroxyl groups is 1. The molecule has 0 spiro atoms. The molecule has 2 aromatic rings. The van der Waals surface area contributed by atoms with Crippen LogP contribution >= 0.6 is 0 Å². The lowest BCUT2D eigenvalue weighted by molar-refractivity contribution is -0.142. The second kappa shape index (κ2) is 44.4. The number of nitrogens with zero attached hydrogens (tertiary/aromatic N) is 4. The number of ether oxygens (including phenoxy) is 1. The number of hydrogen-bond donors (Lipinski definition) is 3. The molecule has 4 rings (SSSR count). The van der Waals surface area contributed by atoms with Crippen molar-refractivity contribution in [1.29, 1.82) is 0 Å². The van der Waals surface area contributed by atoms with Gasteiger partial charge in [-0.1, -0.05) is 136 Å². The topological polar surface area (TPSA) is 136 Å². The molecule has 484 valence electrons. The normalized spacial score (nSPS) is 13.5. The predicted octanol–water partition coefficient (Wildman–Crippen LogP) is 17.6. The number of esters is 1. The third kappa shape index (κ3) is 61.0. The van der Waals surface area contributed by atoms with Gasteiger partial charge < -0.3 is 20.9 Å². The minimum absolute atomic E-state index is 0. The van der Waals surface area contributed by atoms with Crippen molar-refractivity contribution in [3.8, 4) is 83.0 Å². The highest BCUT2D eigenvalue weighted by atomic mass is 16.5. The average Bonchev–Trinajstić information content (AvgIpc) is 3.94. The highest BCUT2D eigenvalue weighted by Gasteiger charge is 2.26. The molecule has 1 unspecified atom stereocenters.